The summed E-state index contributed by atoms with van der Waals surface area (Å²) in [5, 5.41) is 22.1. The molecule has 3 aromatic rings. The van der Waals surface area contributed by atoms with Crippen LogP contribution in [0.4, 0.5) is 0 Å². The lowest BCUT2D eigenvalue weighted by Gasteiger charge is -2.23. The Morgan fingerprint density at radius 3 is 2.66 bits per heavy atom. The van der Waals surface area contributed by atoms with Crippen LogP contribution < -0.4 is 15.4 Å². The largest absolute Gasteiger partial charge is 0.497 e. The highest BCUT2D eigenvalue weighted by Crippen LogP contribution is 2.26. The number of methoxy groups -OCH3 is 1. The van der Waals surface area contributed by atoms with Gasteiger partial charge in [-0.15, -0.1) is 22.7 Å². The van der Waals surface area contributed by atoms with Crippen LogP contribution in [0.2, 0.25) is 0 Å². The maximum absolute atomic E-state index is 10.7. The molecule has 0 aliphatic rings. The van der Waals surface area contributed by atoms with E-state index in [4.69, 9.17) is 4.74 Å². The Morgan fingerprint density at radius 1 is 1.21 bits per heavy atom. The molecule has 2 heterocycles. The number of guanidine groups is 1. The normalized spacial score (nSPS) is 13.7. The monoisotopic (exact) mass is 430 g/mol. The van der Waals surface area contributed by atoms with Crippen molar-refractivity contribution < 1.29 is 9.84 Å². The Kier molecular flexibility index (Phi) is 7.24. The SMILES string of the molecule is CCNC(=NCc1csc(-c2ccc(OC)cc2)n1)NCC(C)(O)c1cccs1. The third kappa shape index (κ3) is 5.79. The van der Waals surface area contributed by atoms with Crippen molar-refractivity contribution in [1.82, 2.24) is 15.6 Å². The first kappa shape index (κ1) is 21.3. The highest BCUT2D eigenvalue weighted by Gasteiger charge is 2.24. The van der Waals surface area contributed by atoms with E-state index in [-0.39, 0.29) is 0 Å². The third-order valence-electron chi connectivity index (χ3n) is 4.28. The van der Waals surface area contributed by atoms with Gasteiger partial charge < -0.3 is 20.5 Å². The van der Waals surface area contributed by atoms with E-state index in [1.807, 2.05) is 54.1 Å². The van der Waals surface area contributed by atoms with Crippen LogP contribution in [0.5, 0.6) is 5.75 Å². The summed E-state index contributed by atoms with van der Waals surface area (Å²) in [7, 11) is 1.66. The molecule has 8 heteroatoms. The second-order valence-corrected chi connectivity index (χ2v) is 8.48. The zero-order valence-corrected chi connectivity index (χ0v) is 18.4. The van der Waals surface area contributed by atoms with Crippen molar-refractivity contribution in [3.05, 3.63) is 57.7 Å². The number of thiophene rings is 1. The molecule has 6 nitrogen and oxygen atoms in total. The van der Waals surface area contributed by atoms with Crippen LogP contribution in [0.3, 0.4) is 0 Å². The van der Waals surface area contributed by atoms with Gasteiger partial charge in [-0.3, -0.25) is 0 Å². The van der Waals surface area contributed by atoms with Gasteiger partial charge in [0.15, 0.2) is 5.96 Å². The van der Waals surface area contributed by atoms with Crippen LogP contribution in [0.15, 0.2) is 52.2 Å². The predicted octanol–water partition coefficient (Wildman–Crippen LogP) is 3.84. The number of benzene rings is 1. The summed E-state index contributed by atoms with van der Waals surface area (Å²) in [6, 6.07) is 11.7. The number of aliphatic imine (C=N–C) groups is 1. The van der Waals surface area contributed by atoms with Gasteiger partial charge in [0.2, 0.25) is 0 Å². The van der Waals surface area contributed by atoms with Gasteiger partial charge in [0.1, 0.15) is 16.4 Å². The molecule has 0 saturated heterocycles. The standard InChI is InChI=1S/C21H26N4O2S2/c1-4-22-20(24-14-21(2,26)18-6-5-11-28-18)23-12-16-13-29-19(25-16)15-7-9-17(27-3)10-8-15/h5-11,13,26H,4,12,14H2,1-3H3,(H2,22,23,24). The van der Waals surface area contributed by atoms with Gasteiger partial charge in [-0.05, 0) is 49.6 Å². The molecular formula is C21H26N4O2S2. The van der Waals surface area contributed by atoms with E-state index in [0.717, 1.165) is 33.4 Å². The van der Waals surface area contributed by atoms with Crippen molar-refractivity contribution in [2.75, 3.05) is 20.2 Å². The van der Waals surface area contributed by atoms with Crippen LogP contribution in [0.1, 0.15) is 24.4 Å². The second-order valence-electron chi connectivity index (χ2n) is 6.67. The second kappa shape index (κ2) is 9.87. The molecule has 1 unspecified atom stereocenters. The number of nitrogens with one attached hydrogen (secondary N) is 2. The zero-order valence-electron chi connectivity index (χ0n) is 16.8. The van der Waals surface area contributed by atoms with Crippen LogP contribution in [-0.4, -0.2) is 36.2 Å². The van der Waals surface area contributed by atoms with E-state index in [2.05, 4.69) is 20.6 Å². The lowest BCUT2D eigenvalue weighted by atomic mass is 10.1. The van der Waals surface area contributed by atoms with Crippen molar-refractivity contribution in [3.63, 3.8) is 0 Å². The van der Waals surface area contributed by atoms with Crippen LogP contribution in [0, 0.1) is 0 Å². The molecule has 2 aromatic heterocycles. The lowest BCUT2D eigenvalue weighted by Crippen LogP contribution is -2.44. The lowest BCUT2D eigenvalue weighted by molar-refractivity contribution is 0.0655. The minimum atomic E-state index is -0.952. The van der Waals surface area contributed by atoms with Gasteiger partial charge in [-0.25, -0.2) is 9.98 Å². The van der Waals surface area contributed by atoms with Gasteiger partial charge in [-0.2, -0.15) is 0 Å². The van der Waals surface area contributed by atoms with Gasteiger partial charge in [0.05, 0.1) is 25.9 Å². The molecule has 0 saturated carbocycles. The molecule has 3 N–H and O–H groups in total. The first-order valence-corrected chi connectivity index (χ1v) is 11.1. The summed E-state index contributed by atoms with van der Waals surface area (Å²) in [5.41, 5.74) is 1.01. The fourth-order valence-corrected chi connectivity index (χ4v) is 4.28. The molecule has 0 amide bonds. The van der Waals surface area contributed by atoms with Gasteiger partial charge in [0.25, 0.3) is 0 Å². The molecule has 154 valence electrons. The smallest absolute Gasteiger partial charge is 0.191 e. The van der Waals surface area contributed by atoms with Crippen molar-refractivity contribution >= 4 is 28.6 Å². The summed E-state index contributed by atoms with van der Waals surface area (Å²) in [4.78, 5) is 10.2. The molecule has 0 fully saturated rings. The summed E-state index contributed by atoms with van der Waals surface area (Å²) in [6.45, 7) is 5.38. The van der Waals surface area contributed by atoms with Gasteiger partial charge in [-0.1, -0.05) is 6.07 Å². The Hall–Kier alpha value is -2.42. The van der Waals surface area contributed by atoms with E-state index in [9.17, 15) is 5.11 Å². The van der Waals surface area contributed by atoms with Crippen molar-refractivity contribution in [3.8, 4) is 16.3 Å². The number of nitrogens with zero attached hydrogens (tertiary/aromatic N) is 2. The van der Waals surface area contributed by atoms with E-state index < -0.39 is 5.60 Å². The highest BCUT2D eigenvalue weighted by molar-refractivity contribution is 7.13. The van der Waals surface area contributed by atoms with Crippen molar-refractivity contribution in [2.45, 2.75) is 26.0 Å². The number of hydrogen-bond acceptors (Lipinski definition) is 6. The van der Waals surface area contributed by atoms with Crippen LogP contribution in [-0.2, 0) is 12.1 Å². The predicted molar refractivity (Wildman–Crippen MR) is 121 cm³/mol. The molecule has 1 aromatic carbocycles. The minimum Gasteiger partial charge on any atom is -0.497 e. The fraction of sp³-hybridized carbons (Fsp3) is 0.333. The molecule has 0 radical (unpaired) electrons. The maximum atomic E-state index is 10.7. The fourth-order valence-electron chi connectivity index (χ4n) is 2.68. The summed E-state index contributed by atoms with van der Waals surface area (Å²) < 4.78 is 5.20. The molecule has 0 bridgehead atoms. The van der Waals surface area contributed by atoms with Gasteiger partial charge >= 0.3 is 0 Å². The Morgan fingerprint density at radius 2 is 2.00 bits per heavy atom. The average Bonchev–Trinajstić information content (AvgIpc) is 3.43. The number of aliphatic hydroxyl groups is 1. The van der Waals surface area contributed by atoms with E-state index in [0.29, 0.717) is 19.0 Å². The molecule has 0 aliphatic carbocycles. The maximum Gasteiger partial charge on any atom is 0.191 e. The minimum absolute atomic E-state index is 0.369. The van der Waals surface area contributed by atoms with Crippen LogP contribution in [0.25, 0.3) is 10.6 Å². The van der Waals surface area contributed by atoms with E-state index in [1.54, 1.807) is 36.7 Å². The Balaban J connectivity index is 1.63. The number of aromatic nitrogens is 1. The summed E-state index contributed by atoms with van der Waals surface area (Å²) >= 11 is 3.14. The highest BCUT2D eigenvalue weighted by atomic mass is 32.1. The van der Waals surface area contributed by atoms with E-state index >= 15 is 0 Å². The summed E-state index contributed by atoms with van der Waals surface area (Å²) in [5.74, 6) is 1.48. The molecule has 3 rings (SSSR count). The van der Waals surface area contributed by atoms with E-state index in [1.165, 1.54) is 0 Å². The first-order valence-electron chi connectivity index (χ1n) is 9.39. The Labute approximate surface area is 179 Å². The molecular weight excluding hydrogens is 404 g/mol. The topological polar surface area (TPSA) is 78.8 Å². The van der Waals surface area contributed by atoms with Crippen molar-refractivity contribution in [2.24, 2.45) is 4.99 Å². The number of ether oxygens (including phenoxy) is 1. The zero-order chi connectivity index (χ0) is 20.7. The van der Waals surface area contributed by atoms with Crippen LogP contribution >= 0.6 is 22.7 Å². The van der Waals surface area contributed by atoms with Gasteiger partial charge in [0, 0.05) is 22.4 Å². The first-order chi connectivity index (χ1) is 14.0. The number of rotatable bonds is 8. The summed E-state index contributed by atoms with van der Waals surface area (Å²) in [6.07, 6.45) is 0. The molecule has 29 heavy (non-hydrogen) atoms. The molecule has 1 atom stereocenters. The third-order valence-corrected chi connectivity index (χ3v) is 6.35. The average molecular weight is 431 g/mol. The quantitative estimate of drug-likeness (QED) is 0.374. The number of thiazole rings is 1. The van der Waals surface area contributed by atoms with Crippen molar-refractivity contribution in [1.29, 1.82) is 0 Å². The molecule has 0 spiro atoms. The Bertz CT molecular complexity index is 919. The number of hydrogen-bond donors (Lipinski definition) is 3. The molecule has 0 aliphatic heterocycles.